The van der Waals surface area contributed by atoms with Gasteiger partial charge < -0.3 is 10.8 Å². The highest BCUT2D eigenvalue weighted by Crippen LogP contribution is 2.17. The van der Waals surface area contributed by atoms with Crippen LogP contribution in [-0.4, -0.2) is 11.7 Å². The summed E-state index contributed by atoms with van der Waals surface area (Å²) in [5, 5.41) is 9.05. The number of aliphatic hydroxyl groups is 1. The quantitative estimate of drug-likeness (QED) is 0.737. The summed E-state index contributed by atoms with van der Waals surface area (Å²) in [6.07, 6.45) is 1.03. The molecule has 0 saturated carbocycles. The normalized spacial score (nSPS) is 15.4. The van der Waals surface area contributed by atoms with E-state index in [-0.39, 0.29) is 6.61 Å². The van der Waals surface area contributed by atoms with Crippen LogP contribution in [0, 0.1) is 0 Å². The van der Waals surface area contributed by atoms with Crippen LogP contribution in [0.4, 0.5) is 0 Å². The number of aliphatic hydroxyl groups excluding tert-OH is 1. The summed E-state index contributed by atoms with van der Waals surface area (Å²) in [7, 11) is 0. The van der Waals surface area contributed by atoms with Gasteiger partial charge in [0, 0.05) is 0 Å². The predicted octanol–water partition coefficient (Wildman–Crippen LogP) is 1.42. The molecule has 1 rings (SSSR count). The van der Waals surface area contributed by atoms with E-state index in [1.807, 2.05) is 19.1 Å². The van der Waals surface area contributed by atoms with Gasteiger partial charge in [0.2, 0.25) is 0 Å². The van der Waals surface area contributed by atoms with Gasteiger partial charge in [0.15, 0.2) is 0 Å². The van der Waals surface area contributed by atoms with Gasteiger partial charge in [0.05, 0.1) is 12.1 Å². The number of benzene rings is 1. The minimum atomic E-state index is -0.619. The lowest BCUT2D eigenvalue weighted by Gasteiger charge is -2.22. The Bertz CT molecular complexity index is 264. The Morgan fingerprint density at radius 2 is 1.85 bits per heavy atom. The second-order valence-electron chi connectivity index (χ2n) is 3.63. The smallest absolute Gasteiger partial charge is 0.0650 e. The van der Waals surface area contributed by atoms with Gasteiger partial charge >= 0.3 is 0 Å². The molecule has 2 heteroatoms. The van der Waals surface area contributed by atoms with Crippen molar-refractivity contribution in [2.75, 3.05) is 6.61 Å². The molecule has 1 atom stereocenters. The zero-order chi connectivity index (χ0) is 9.90. The van der Waals surface area contributed by atoms with E-state index in [0.717, 1.165) is 12.0 Å². The molecular formula is C11H17NO. The summed E-state index contributed by atoms with van der Waals surface area (Å²) >= 11 is 0. The molecule has 0 spiro atoms. The van der Waals surface area contributed by atoms with E-state index in [1.165, 1.54) is 5.56 Å². The number of rotatable bonds is 3. The molecule has 0 unspecified atom stereocenters. The first-order valence-corrected chi connectivity index (χ1v) is 4.59. The van der Waals surface area contributed by atoms with Gasteiger partial charge in [-0.2, -0.15) is 0 Å². The van der Waals surface area contributed by atoms with Crippen LogP contribution in [0.25, 0.3) is 0 Å². The Morgan fingerprint density at radius 1 is 1.31 bits per heavy atom. The van der Waals surface area contributed by atoms with Gasteiger partial charge in [-0.25, -0.2) is 0 Å². The molecule has 0 aromatic heterocycles. The fourth-order valence-electron chi connectivity index (χ4n) is 1.21. The van der Waals surface area contributed by atoms with Crippen LogP contribution in [0.2, 0.25) is 0 Å². The average Bonchev–Trinajstić information content (AvgIpc) is 2.18. The van der Waals surface area contributed by atoms with Crippen molar-refractivity contribution in [1.29, 1.82) is 0 Å². The molecule has 1 aromatic rings. The van der Waals surface area contributed by atoms with Crippen LogP contribution in [0.3, 0.4) is 0 Å². The Morgan fingerprint density at radius 3 is 2.23 bits per heavy atom. The monoisotopic (exact) mass is 179 g/mol. The minimum Gasteiger partial charge on any atom is -0.394 e. The first-order chi connectivity index (χ1) is 6.10. The minimum absolute atomic E-state index is 0.0293. The maximum Gasteiger partial charge on any atom is 0.0650 e. The Labute approximate surface area is 79.4 Å². The fourth-order valence-corrected chi connectivity index (χ4v) is 1.21. The second kappa shape index (κ2) is 3.90. The Kier molecular flexibility index (Phi) is 3.07. The van der Waals surface area contributed by atoms with E-state index >= 15 is 0 Å². The van der Waals surface area contributed by atoms with Gasteiger partial charge in [0.25, 0.3) is 0 Å². The first kappa shape index (κ1) is 10.2. The van der Waals surface area contributed by atoms with Crippen LogP contribution in [0.1, 0.15) is 25.0 Å². The van der Waals surface area contributed by atoms with Gasteiger partial charge in [-0.15, -0.1) is 0 Å². The molecule has 0 bridgehead atoms. The maximum atomic E-state index is 9.05. The molecule has 0 amide bonds. The maximum absolute atomic E-state index is 9.05. The third kappa shape index (κ3) is 2.29. The molecule has 0 aliphatic heterocycles. The molecular weight excluding hydrogens is 162 g/mol. The summed E-state index contributed by atoms with van der Waals surface area (Å²) in [5.74, 6) is 0. The molecule has 0 aliphatic rings. The zero-order valence-electron chi connectivity index (χ0n) is 8.25. The third-order valence-corrected chi connectivity index (χ3v) is 2.35. The number of hydrogen-bond acceptors (Lipinski definition) is 2. The van der Waals surface area contributed by atoms with E-state index in [4.69, 9.17) is 10.8 Å². The molecule has 1 aromatic carbocycles. The van der Waals surface area contributed by atoms with Gasteiger partial charge in [-0.1, -0.05) is 31.2 Å². The lowest BCUT2D eigenvalue weighted by atomic mass is 9.93. The third-order valence-electron chi connectivity index (χ3n) is 2.35. The van der Waals surface area contributed by atoms with Crippen LogP contribution in [-0.2, 0) is 12.0 Å². The van der Waals surface area contributed by atoms with Gasteiger partial charge in [-0.05, 0) is 24.5 Å². The summed E-state index contributed by atoms with van der Waals surface area (Å²) in [5.41, 5.74) is 7.53. The van der Waals surface area contributed by atoms with E-state index in [1.54, 1.807) is 0 Å². The van der Waals surface area contributed by atoms with E-state index < -0.39 is 5.54 Å². The fraction of sp³-hybridized carbons (Fsp3) is 0.455. The van der Waals surface area contributed by atoms with Crippen molar-refractivity contribution in [2.24, 2.45) is 5.73 Å². The molecule has 0 saturated heterocycles. The van der Waals surface area contributed by atoms with Crippen LogP contribution in [0.15, 0.2) is 24.3 Å². The standard InChI is InChI=1S/C11H17NO/c1-3-9-4-6-10(7-5-9)11(2,12)8-13/h4-7,13H,3,8,12H2,1-2H3/t11-/m0/s1. The second-order valence-corrected chi connectivity index (χ2v) is 3.63. The summed E-state index contributed by atoms with van der Waals surface area (Å²) < 4.78 is 0. The summed E-state index contributed by atoms with van der Waals surface area (Å²) in [6.45, 7) is 3.91. The molecule has 3 N–H and O–H groups in total. The lowest BCUT2D eigenvalue weighted by Crippen LogP contribution is -2.36. The SMILES string of the molecule is CCc1ccc([C@@](C)(N)CO)cc1. The number of hydrogen-bond donors (Lipinski definition) is 2. The number of nitrogens with two attached hydrogens (primary N) is 1. The van der Waals surface area contributed by atoms with Gasteiger partial charge in [0.1, 0.15) is 0 Å². The van der Waals surface area contributed by atoms with Crippen molar-refractivity contribution in [3.63, 3.8) is 0 Å². The van der Waals surface area contributed by atoms with Crippen LogP contribution in [0.5, 0.6) is 0 Å². The van der Waals surface area contributed by atoms with Crippen molar-refractivity contribution in [3.05, 3.63) is 35.4 Å². The highest BCUT2D eigenvalue weighted by atomic mass is 16.3. The molecule has 72 valence electrons. The molecule has 13 heavy (non-hydrogen) atoms. The summed E-state index contributed by atoms with van der Waals surface area (Å²) in [4.78, 5) is 0. The van der Waals surface area contributed by atoms with Crippen LogP contribution < -0.4 is 5.73 Å². The van der Waals surface area contributed by atoms with Crippen molar-refractivity contribution >= 4 is 0 Å². The van der Waals surface area contributed by atoms with E-state index in [9.17, 15) is 0 Å². The highest BCUT2D eigenvalue weighted by Gasteiger charge is 2.18. The largest absolute Gasteiger partial charge is 0.394 e. The predicted molar refractivity (Wildman–Crippen MR) is 54.4 cm³/mol. The molecule has 0 aliphatic carbocycles. The average molecular weight is 179 g/mol. The highest BCUT2D eigenvalue weighted by molar-refractivity contribution is 5.27. The van der Waals surface area contributed by atoms with E-state index in [2.05, 4.69) is 19.1 Å². The first-order valence-electron chi connectivity index (χ1n) is 4.59. The Balaban J connectivity index is 2.92. The van der Waals surface area contributed by atoms with Crippen LogP contribution >= 0.6 is 0 Å². The molecule has 2 nitrogen and oxygen atoms in total. The summed E-state index contributed by atoms with van der Waals surface area (Å²) in [6, 6.07) is 8.07. The Hall–Kier alpha value is -0.860. The number of aryl methyl sites for hydroxylation is 1. The lowest BCUT2D eigenvalue weighted by molar-refractivity contribution is 0.210. The topological polar surface area (TPSA) is 46.2 Å². The molecule has 0 heterocycles. The van der Waals surface area contributed by atoms with Crippen molar-refractivity contribution in [3.8, 4) is 0 Å². The van der Waals surface area contributed by atoms with Crippen molar-refractivity contribution in [2.45, 2.75) is 25.8 Å². The molecule has 0 radical (unpaired) electrons. The molecule has 0 fully saturated rings. The van der Waals surface area contributed by atoms with Crippen molar-refractivity contribution in [1.82, 2.24) is 0 Å². The van der Waals surface area contributed by atoms with E-state index in [0.29, 0.717) is 0 Å². The van der Waals surface area contributed by atoms with Crippen molar-refractivity contribution < 1.29 is 5.11 Å². The van der Waals surface area contributed by atoms with Gasteiger partial charge in [-0.3, -0.25) is 0 Å². The zero-order valence-corrected chi connectivity index (χ0v) is 8.25.